The van der Waals surface area contributed by atoms with Gasteiger partial charge < -0.3 is 4.74 Å². The van der Waals surface area contributed by atoms with Crippen LogP contribution in [0.4, 0.5) is 0 Å². The summed E-state index contributed by atoms with van der Waals surface area (Å²) < 4.78 is 5.41. The summed E-state index contributed by atoms with van der Waals surface area (Å²) in [7, 11) is 1.67. The Morgan fingerprint density at radius 2 is 1.80 bits per heavy atom. The van der Waals surface area contributed by atoms with E-state index in [1.54, 1.807) is 7.11 Å². The SMILES string of the molecule is COc1cccc2c1CCC(=O)/C2=C/c1ccccc1. The van der Waals surface area contributed by atoms with Crippen LogP contribution >= 0.6 is 0 Å². The summed E-state index contributed by atoms with van der Waals surface area (Å²) in [4.78, 5) is 12.3. The lowest BCUT2D eigenvalue weighted by atomic mass is 9.85. The van der Waals surface area contributed by atoms with Crippen molar-refractivity contribution in [2.75, 3.05) is 7.11 Å². The first-order chi connectivity index (χ1) is 9.79. The largest absolute Gasteiger partial charge is 0.496 e. The molecule has 100 valence electrons. The van der Waals surface area contributed by atoms with Crippen LogP contribution in [0.25, 0.3) is 11.6 Å². The molecule has 0 aromatic heterocycles. The lowest BCUT2D eigenvalue weighted by molar-refractivity contribution is -0.113. The smallest absolute Gasteiger partial charge is 0.163 e. The number of Topliss-reactive ketones (excluding diaryl/α,β-unsaturated/α-hetero) is 1. The van der Waals surface area contributed by atoms with Crippen molar-refractivity contribution in [3.8, 4) is 5.75 Å². The molecule has 0 fully saturated rings. The average molecular weight is 264 g/mol. The molecule has 0 heterocycles. The van der Waals surface area contributed by atoms with Crippen molar-refractivity contribution in [2.24, 2.45) is 0 Å². The second-order valence-corrected chi connectivity index (χ2v) is 4.88. The Hall–Kier alpha value is -2.35. The summed E-state index contributed by atoms with van der Waals surface area (Å²) in [5, 5.41) is 0. The van der Waals surface area contributed by atoms with Crippen LogP contribution in [0.5, 0.6) is 5.75 Å². The van der Waals surface area contributed by atoms with Crippen molar-refractivity contribution >= 4 is 17.4 Å². The molecule has 0 unspecified atom stereocenters. The monoisotopic (exact) mass is 264 g/mol. The Morgan fingerprint density at radius 3 is 2.55 bits per heavy atom. The van der Waals surface area contributed by atoms with E-state index in [-0.39, 0.29) is 5.78 Å². The van der Waals surface area contributed by atoms with E-state index < -0.39 is 0 Å². The molecule has 3 rings (SSSR count). The summed E-state index contributed by atoms with van der Waals surface area (Å²) in [5.41, 5.74) is 3.98. The maximum Gasteiger partial charge on any atom is 0.163 e. The Kier molecular flexibility index (Phi) is 3.38. The van der Waals surface area contributed by atoms with Crippen molar-refractivity contribution in [3.63, 3.8) is 0 Å². The number of allylic oxidation sites excluding steroid dienone is 1. The van der Waals surface area contributed by atoms with Crippen molar-refractivity contribution in [3.05, 3.63) is 65.2 Å². The van der Waals surface area contributed by atoms with Gasteiger partial charge in [0.1, 0.15) is 5.75 Å². The number of hydrogen-bond acceptors (Lipinski definition) is 2. The first-order valence-corrected chi connectivity index (χ1v) is 6.76. The van der Waals surface area contributed by atoms with E-state index in [1.807, 2.05) is 54.6 Å². The molecule has 0 atom stereocenters. The summed E-state index contributed by atoms with van der Waals surface area (Å²) in [5.74, 6) is 1.07. The molecule has 0 radical (unpaired) electrons. The molecule has 1 aliphatic carbocycles. The number of ketones is 1. The van der Waals surface area contributed by atoms with Gasteiger partial charge in [0.25, 0.3) is 0 Å². The first-order valence-electron chi connectivity index (χ1n) is 6.76. The highest BCUT2D eigenvalue weighted by atomic mass is 16.5. The number of hydrogen-bond donors (Lipinski definition) is 0. The van der Waals surface area contributed by atoms with E-state index in [2.05, 4.69) is 0 Å². The average Bonchev–Trinajstić information content (AvgIpc) is 2.50. The van der Waals surface area contributed by atoms with Gasteiger partial charge in [0.2, 0.25) is 0 Å². The van der Waals surface area contributed by atoms with Crippen LogP contribution in [0.3, 0.4) is 0 Å². The van der Waals surface area contributed by atoms with E-state index in [0.717, 1.165) is 34.4 Å². The van der Waals surface area contributed by atoms with E-state index in [4.69, 9.17) is 4.74 Å². The van der Waals surface area contributed by atoms with Gasteiger partial charge in [0.05, 0.1) is 7.11 Å². The van der Waals surface area contributed by atoms with Gasteiger partial charge in [-0.3, -0.25) is 4.79 Å². The second-order valence-electron chi connectivity index (χ2n) is 4.88. The Bertz CT molecular complexity index is 669. The van der Waals surface area contributed by atoms with Crippen molar-refractivity contribution in [1.82, 2.24) is 0 Å². The number of methoxy groups -OCH3 is 1. The predicted molar refractivity (Wildman–Crippen MR) is 80.6 cm³/mol. The fourth-order valence-electron chi connectivity index (χ4n) is 2.66. The van der Waals surface area contributed by atoms with Crippen LogP contribution in [0, 0.1) is 0 Å². The molecule has 0 amide bonds. The third-order valence-electron chi connectivity index (χ3n) is 3.66. The van der Waals surface area contributed by atoms with Crippen molar-refractivity contribution in [2.45, 2.75) is 12.8 Å². The first kappa shape index (κ1) is 12.7. The number of fused-ring (bicyclic) bond motifs is 1. The molecule has 1 aliphatic rings. The minimum Gasteiger partial charge on any atom is -0.496 e. The van der Waals surface area contributed by atoms with Crippen LogP contribution in [0.1, 0.15) is 23.1 Å². The van der Waals surface area contributed by atoms with E-state index >= 15 is 0 Å². The van der Waals surface area contributed by atoms with Gasteiger partial charge in [-0.25, -0.2) is 0 Å². The van der Waals surface area contributed by atoms with Crippen LogP contribution in [0.15, 0.2) is 48.5 Å². The molecule has 0 saturated heterocycles. The highest BCUT2D eigenvalue weighted by Crippen LogP contribution is 2.35. The van der Waals surface area contributed by atoms with Crippen molar-refractivity contribution < 1.29 is 9.53 Å². The fraction of sp³-hybridized carbons (Fsp3) is 0.167. The van der Waals surface area contributed by atoms with Crippen LogP contribution in [-0.2, 0) is 11.2 Å². The molecule has 0 spiro atoms. The third-order valence-corrected chi connectivity index (χ3v) is 3.66. The third kappa shape index (κ3) is 2.25. The van der Waals surface area contributed by atoms with Gasteiger partial charge in [-0.15, -0.1) is 0 Å². The molecule has 20 heavy (non-hydrogen) atoms. The number of ether oxygens (including phenoxy) is 1. The molecule has 0 saturated carbocycles. The standard InChI is InChI=1S/C18H16O2/c1-20-18-9-5-8-14-15(18)10-11-17(19)16(14)12-13-6-3-2-4-7-13/h2-9,12H,10-11H2,1H3/b16-12+. The van der Waals surface area contributed by atoms with Gasteiger partial charge in [-0.1, -0.05) is 42.5 Å². The lowest BCUT2D eigenvalue weighted by Gasteiger charge is -2.20. The highest BCUT2D eigenvalue weighted by Gasteiger charge is 2.23. The maximum atomic E-state index is 12.3. The Balaban J connectivity index is 2.13. The highest BCUT2D eigenvalue weighted by molar-refractivity contribution is 6.26. The number of carbonyl (C=O) groups excluding carboxylic acids is 1. The number of benzene rings is 2. The quantitative estimate of drug-likeness (QED) is 0.772. The summed E-state index contributed by atoms with van der Waals surface area (Å²) in [6.07, 6.45) is 3.27. The summed E-state index contributed by atoms with van der Waals surface area (Å²) in [6.45, 7) is 0. The summed E-state index contributed by atoms with van der Waals surface area (Å²) in [6, 6.07) is 15.8. The molecule has 2 nitrogen and oxygen atoms in total. The molecule has 0 N–H and O–H groups in total. The fourth-order valence-corrected chi connectivity index (χ4v) is 2.66. The Labute approximate surface area is 118 Å². The second kappa shape index (κ2) is 5.33. The molecule has 2 aromatic carbocycles. The van der Waals surface area contributed by atoms with Crippen LogP contribution in [0.2, 0.25) is 0 Å². The zero-order chi connectivity index (χ0) is 13.9. The van der Waals surface area contributed by atoms with Gasteiger partial charge in [-0.05, 0) is 29.7 Å². The minimum atomic E-state index is 0.203. The Morgan fingerprint density at radius 1 is 1.00 bits per heavy atom. The maximum absolute atomic E-state index is 12.3. The molecule has 2 aromatic rings. The van der Waals surface area contributed by atoms with E-state index in [0.29, 0.717) is 6.42 Å². The van der Waals surface area contributed by atoms with Crippen molar-refractivity contribution in [1.29, 1.82) is 0 Å². The zero-order valence-corrected chi connectivity index (χ0v) is 11.4. The van der Waals surface area contributed by atoms with Gasteiger partial charge in [0.15, 0.2) is 5.78 Å². The van der Waals surface area contributed by atoms with Crippen LogP contribution < -0.4 is 4.74 Å². The molecule has 0 bridgehead atoms. The number of rotatable bonds is 2. The topological polar surface area (TPSA) is 26.3 Å². The van der Waals surface area contributed by atoms with Gasteiger partial charge in [0, 0.05) is 17.6 Å². The predicted octanol–water partition coefficient (Wildman–Crippen LogP) is 3.75. The summed E-state index contributed by atoms with van der Waals surface area (Å²) >= 11 is 0. The lowest BCUT2D eigenvalue weighted by Crippen LogP contribution is -2.13. The molecule has 2 heteroatoms. The molecular formula is C18H16O2. The van der Waals surface area contributed by atoms with Crippen LogP contribution in [-0.4, -0.2) is 12.9 Å². The minimum absolute atomic E-state index is 0.203. The van der Waals surface area contributed by atoms with Gasteiger partial charge >= 0.3 is 0 Å². The molecular weight excluding hydrogens is 248 g/mol. The normalized spacial score (nSPS) is 16.1. The van der Waals surface area contributed by atoms with E-state index in [1.165, 1.54) is 0 Å². The zero-order valence-electron chi connectivity index (χ0n) is 11.4. The van der Waals surface area contributed by atoms with E-state index in [9.17, 15) is 4.79 Å². The molecule has 0 aliphatic heterocycles. The number of carbonyl (C=O) groups is 1. The van der Waals surface area contributed by atoms with Gasteiger partial charge in [-0.2, -0.15) is 0 Å².